The zero-order valence-electron chi connectivity index (χ0n) is 20.0. The van der Waals surface area contributed by atoms with Crippen molar-refractivity contribution in [3.05, 3.63) is 54.2 Å². The Bertz CT molecular complexity index is 1090. The van der Waals surface area contributed by atoms with Gasteiger partial charge in [-0.3, -0.25) is 9.69 Å². The SMILES string of the molecule is O=C(C(c1ccccc1)N1CCN(c2ccc(S(=O)(=O)N3CCOCC3)cn2)CC1)N1CCCC1. The van der Waals surface area contributed by atoms with Crippen molar-refractivity contribution in [2.45, 2.75) is 23.8 Å². The summed E-state index contributed by atoms with van der Waals surface area (Å²) in [5, 5.41) is 0. The summed E-state index contributed by atoms with van der Waals surface area (Å²) >= 11 is 0. The number of morpholine rings is 1. The van der Waals surface area contributed by atoms with Gasteiger partial charge in [0, 0.05) is 58.6 Å². The number of ether oxygens (including phenoxy) is 1. The fourth-order valence-electron chi connectivity index (χ4n) is 5.11. The molecule has 10 heteroatoms. The molecular formula is C25H33N5O4S. The van der Waals surface area contributed by atoms with Crippen LogP contribution in [-0.4, -0.2) is 99.0 Å². The molecule has 3 fully saturated rings. The van der Waals surface area contributed by atoms with E-state index in [0.717, 1.165) is 63.5 Å². The number of rotatable bonds is 6. The average Bonchev–Trinajstić information content (AvgIpc) is 3.46. The van der Waals surface area contributed by atoms with Crippen molar-refractivity contribution in [2.24, 2.45) is 0 Å². The molecule has 9 nitrogen and oxygen atoms in total. The van der Waals surface area contributed by atoms with E-state index < -0.39 is 10.0 Å². The number of pyridine rings is 1. The predicted molar refractivity (Wildman–Crippen MR) is 133 cm³/mol. The van der Waals surface area contributed by atoms with Crippen LogP contribution in [-0.2, 0) is 19.6 Å². The van der Waals surface area contributed by atoms with Crippen molar-refractivity contribution in [3.63, 3.8) is 0 Å². The van der Waals surface area contributed by atoms with Gasteiger partial charge in [-0.2, -0.15) is 4.31 Å². The van der Waals surface area contributed by atoms with E-state index in [0.29, 0.717) is 26.3 Å². The van der Waals surface area contributed by atoms with Crippen molar-refractivity contribution in [1.29, 1.82) is 0 Å². The molecular weight excluding hydrogens is 466 g/mol. The second-order valence-electron chi connectivity index (χ2n) is 9.24. The zero-order chi connectivity index (χ0) is 24.3. The molecule has 2 aromatic rings. The Labute approximate surface area is 207 Å². The molecule has 1 aromatic heterocycles. The first-order chi connectivity index (χ1) is 17.0. The van der Waals surface area contributed by atoms with Crippen molar-refractivity contribution in [3.8, 4) is 0 Å². The molecule has 0 aliphatic carbocycles. The molecule has 4 heterocycles. The first-order valence-electron chi connectivity index (χ1n) is 12.4. The minimum absolute atomic E-state index is 0.193. The number of nitrogens with zero attached hydrogens (tertiary/aromatic N) is 5. The highest BCUT2D eigenvalue weighted by Crippen LogP contribution is 2.28. The summed E-state index contributed by atoms with van der Waals surface area (Å²) in [4.78, 5) is 24.6. The van der Waals surface area contributed by atoms with E-state index in [1.807, 2.05) is 35.2 Å². The second-order valence-corrected chi connectivity index (χ2v) is 11.2. The average molecular weight is 500 g/mol. The van der Waals surface area contributed by atoms with E-state index >= 15 is 0 Å². The normalized spacial score (nSPS) is 21.3. The molecule has 1 aromatic carbocycles. The Kier molecular flexibility index (Phi) is 7.33. The summed E-state index contributed by atoms with van der Waals surface area (Å²) in [5.41, 5.74) is 1.04. The van der Waals surface area contributed by atoms with Crippen LogP contribution in [0.4, 0.5) is 5.82 Å². The van der Waals surface area contributed by atoms with E-state index in [9.17, 15) is 13.2 Å². The monoisotopic (exact) mass is 499 g/mol. The molecule has 1 unspecified atom stereocenters. The lowest BCUT2D eigenvalue weighted by molar-refractivity contribution is -0.136. The molecule has 3 aliphatic rings. The van der Waals surface area contributed by atoms with Gasteiger partial charge < -0.3 is 14.5 Å². The Morgan fingerprint density at radius 2 is 1.54 bits per heavy atom. The van der Waals surface area contributed by atoms with Gasteiger partial charge in [0.05, 0.1) is 13.2 Å². The van der Waals surface area contributed by atoms with Crippen LogP contribution in [0.5, 0.6) is 0 Å². The first kappa shape index (κ1) is 24.2. The standard InChI is InChI=1S/C25H33N5O4S/c31-25(29-10-4-5-11-29)24(21-6-2-1-3-7-21)28-14-12-27(13-15-28)23-9-8-22(20-26-23)35(32,33)30-16-18-34-19-17-30/h1-3,6-9,20,24H,4-5,10-19H2. The number of amides is 1. The van der Waals surface area contributed by atoms with Gasteiger partial charge in [-0.05, 0) is 30.5 Å². The highest BCUT2D eigenvalue weighted by Gasteiger charge is 2.34. The van der Waals surface area contributed by atoms with Crippen LogP contribution in [0.2, 0.25) is 0 Å². The fourth-order valence-corrected chi connectivity index (χ4v) is 6.47. The largest absolute Gasteiger partial charge is 0.379 e. The van der Waals surface area contributed by atoms with Crippen LogP contribution in [0, 0.1) is 0 Å². The van der Waals surface area contributed by atoms with Crippen molar-refractivity contribution < 1.29 is 17.9 Å². The molecule has 35 heavy (non-hydrogen) atoms. The topological polar surface area (TPSA) is 86.3 Å². The third-order valence-corrected chi connectivity index (χ3v) is 8.98. The number of aromatic nitrogens is 1. The number of carbonyl (C=O) groups is 1. The molecule has 1 amide bonds. The molecule has 0 N–H and O–H groups in total. The van der Waals surface area contributed by atoms with Crippen molar-refractivity contribution in [2.75, 3.05) is 70.5 Å². The van der Waals surface area contributed by atoms with E-state index in [2.05, 4.69) is 14.8 Å². The molecule has 0 spiro atoms. The summed E-state index contributed by atoms with van der Waals surface area (Å²) in [5.74, 6) is 0.950. The number of anilines is 1. The van der Waals surface area contributed by atoms with Gasteiger partial charge in [0.2, 0.25) is 15.9 Å². The predicted octanol–water partition coefficient (Wildman–Crippen LogP) is 1.59. The molecule has 0 bridgehead atoms. The molecule has 3 saturated heterocycles. The van der Waals surface area contributed by atoms with Crippen LogP contribution in [0.1, 0.15) is 24.4 Å². The van der Waals surface area contributed by atoms with Gasteiger partial charge in [-0.25, -0.2) is 13.4 Å². The summed E-state index contributed by atoms with van der Waals surface area (Å²) < 4.78 is 32.5. The highest BCUT2D eigenvalue weighted by atomic mass is 32.2. The Balaban J connectivity index is 1.26. The van der Waals surface area contributed by atoms with Crippen molar-refractivity contribution >= 4 is 21.7 Å². The number of hydrogen-bond acceptors (Lipinski definition) is 7. The van der Waals surface area contributed by atoms with E-state index in [4.69, 9.17) is 4.74 Å². The number of likely N-dealkylation sites (tertiary alicyclic amines) is 1. The maximum absolute atomic E-state index is 13.4. The van der Waals surface area contributed by atoms with Gasteiger partial charge in [-0.15, -0.1) is 0 Å². The Morgan fingerprint density at radius 3 is 2.17 bits per heavy atom. The van der Waals surface area contributed by atoms with Crippen LogP contribution < -0.4 is 4.90 Å². The number of benzene rings is 1. The fraction of sp³-hybridized carbons (Fsp3) is 0.520. The third kappa shape index (κ3) is 5.20. The van der Waals surface area contributed by atoms with Gasteiger partial charge in [-0.1, -0.05) is 30.3 Å². The van der Waals surface area contributed by atoms with Crippen LogP contribution in [0.25, 0.3) is 0 Å². The smallest absolute Gasteiger partial charge is 0.244 e. The summed E-state index contributed by atoms with van der Waals surface area (Å²) in [6.07, 6.45) is 3.60. The lowest BCUT2D eigenvalue weighted by Crippen LogP contribution is -2.51. The molecule has 5 rings (SSSR count). The van der Waals surface area contributed by atoms with Gasteiger partial charge >= 0.3 is 0 Å². The zero-order valence-corrected chi connectivity index (χ0v) is 20.8. The summed E-state index contributed by atoms with van der Waals surface area (Å²) in [6.45, 7) is 6.15. The van der Waals surface area contributed by atoms with Gasteiger partial charge in [0.25, 0.3) is 0 Å². The molecule has 0 radical (unpaired) electrons. The number of sulfonamides is 1. The third-order valence-electron chi connectivity index (χ3n) is 7.10. The second kappa shape index (κ2) is 10.6. The van der Waals surface area contributed by atoms with E-state index in [1.165, 1.54) is 10.5 Å². The maximum Gasteiger partial charge on any atom is 0.244 e. The van der Waals surface area contributed by atoms with E-state index in [-0.39, 0.29) is 16.8 Å². The Morgan fingerprint density at radius 1 is 0.857 bits per heavy atom. The van der Waals surface area contributed by atoms with Gasteiger partial charge in [0.15, 0.2) is 0 Å². The molecule has 188 valence electrons. The minimum atomic E-state index is -3.56. The molecule has 1 atom stereocenters. The van der Waals surface area contributed by atoms with Crippen LogP contribution in [0.15, 0.2) is 53.6 Å². The van der Waals surface area contributed by atoms with Crippen LogP contribution >= 0.6 is 0 Å². The maximum atomic E-state index is 13.4. The minimum Gasteiger partial charge on any atom is -0.379 e. The lowest BCUT2D eigenvalue weighted by atomic mass is 10.0. The van der Waals surface area contributed by atoms with E-state index in [1.54, 1.807) is 12.1 Å². The Hall–Kier alpha value is -2.53. The quantitative estimate of drug-likeness (QED) is 0.597. The number of piperazine rings is 1. The van der Waals surface area contributed by atoms with Gasteiger partial charge in [0.1, 0.15) is 16.8 Å². The van der Waals surface area contributed by atoms with Crippen LogP contribution in [0.3, 0.4) is 0 Å². The first-order valence-corrected chi connectivity index (χ1v) is 13.8. The van der Waals surface area contributed by atoms with Crippen molar-refractivity contribution in [1.82, 2.24) is 19.1 Å². The lowest BCUT2D eigenvalue weighted by Gasteiger charge is -2.40. The number of hydrogen-bond donors (Lipinski definition) is 0. The summed E-state index contributed by atoms with van der Waals surface area (Å²) in [7, 11) is -3.56. The summed E-state index contributed by atoms with van der Waals surface area (Å²) in [6, 6.07) is 13.2. The highest BCUT2D eigenvalue weighted by molar-refractivity contribution is 7.89. The number of carbonyl (C=O) groups excluding carboxylic acids is 1. The molecule has 3 aliphatic heterocycles. The molecule has 0 saturated carbocycles.